The summed E-state index contributed by atoms with van der Waals surface area (Å²) in [5.74, 6) is 0. The van der Waals surface area contributed by atoms with Gasteiger partial charge in [0.2, 0.25) is 0 Å². The zero-order valence-corrected chi connectivity index (χ0v) is 11.2. The molecule has 0 radical (unpaired) electrons. The fraction of sp³-hybridized carbons (Fsp3) is 1.00. The predicted molar refractivity (Wildman–Crippen MR) is 68.9 cm³/mol. The second-order valence-corrected chi connectivity index (χ2v) is 3.93. The van der Waals surface area contributed by atoms with Crippen LogP contribution < -0.4 is 16.6 Å². The van der Waals surface area contributed by atoms with Gasteiger partial charge in [0.15, 0.2) is 0 Å². The van der Waals surface area contributed by atoms with Crippen LogP contribution in [-0.4, -0.2) is 44.8 Å². The second-order valence-electron chi connectivity index (χ2n) is 3.93. The molecule has 6 heteroatoms. The highest BCUT2D eigenvalue weighted by molar-refractivity contribution is 4.54. The second kappa shape index (κ2) is 13.8. The van der Waals surface area contributed by atoms with Crippen LogP contribution in [0.25, 0.3) is 0 Å². The van der Waals surface area contributed by atoms with Crippen molar-refractivity contribution in [1.29, 1.82) is 0 Å². The molecule has 0 saturated heterocycles. The van der Waals surface area contributed by atoms with E-state index in [-0.39, 0.29) is 0 Å². The van der Waals surface area contributed by atoms with Crippen LogP contribution in [0, 0.1) is 0 Å². The van der Waals surface area contributed by atoms with Crippen molar-refractivity contribution in [3.63, 3.8) is 0 Å². The van der Waals surface area contributed by atoms with E-state index in [1.807, 2.05) is 5.01 Å². The van der Waals surface area contributed by atoms with Gasteiger partial charge in [0.25, 0.3) is 0 Å². The van der Waals surface area contributed by atoms with E-state index in [9.17, 15) is 0 Å². The standard InChI is InChI=1S/C11H28N4O2/c1-3-4-8-13-9-6-11-15(10-5-7-12)14-17-16-2/h13-14H,3-12H2,1-2H3. The first kappa shape index (κ1) is 16.8. The monoisotopic (exact) mass is 248 g/mol. The van der Waals surface area contributed by atoms with E-state index in [1.54, 1.807) is 0 Å². The first-order valence-electron chi connectivity index (χ1n) is 6.46. The lowest BCUT2D eigenvalue weighted by Crippen LogP contribution is -2.40. The molecule has 0 aromatic rings. The first-order chi connectivity index (χ1) is 8.35. The maximum Gasteiger partial charge on any atom is 0.0733 e. The molecular weight excluding hydrogens is 220 g/mol. The number of nitrogens with one attached hydrogen (secondary N) is 2. The molecule has 6 nitrogen and oxygen atoms in total. The minimum absolute atomic E-state index is 0.680. The molecule has 0 bridgehead atoms. The van der Waals surface area contributed by atoms with Crippen LogP contribution >= 0.6 is 0 Å². The van der Waals surface area contributed by atoms with Crippen molar-refractivity contribution < 1.29 is 9.88 Å². The maximum absolute atomic E-state index is 5.48. The van der Waals surface area contributed by atoms with E-state index in [4.69, 9.17) is 10.7 Å². The molecule has 17 heavy (non-hydrogen) atoms. The van der Waals surface area contributed by atoms with Crippen LogP contribution in [0.15, 0.2) is 0 Å². The summed E-state index contributed by atoms with van der Waals surface area (Å²) >= 11 is 0. The Bertz CT molecular complexity index is 141. The van der Waals surface area contributed by atoms with E-state index >= 15 is 0 Å². The molecule has 0 unspecified atom stereocenters. The van der Waals surface area contributed by atoms with Crippen molar-refractivity contribution in [2.75, 3.05) is 39.8 Å². The lowest BCUT2D eigenvalue weighted by atomic mass is 10.3. The summed E-state index contributed by atoms with van der Waals surface area (Å²) in [5, 5.41) is 5.37. The SMILES string of the molecule is CCCCNCCCN(CCCN)NOOC. The smallest absolute Gasteiger partial charge is 0.0733 e. The summed E-state index contributed by atoms with van der Waals surface area (Å²) in [4.78, 5) is 9.22. The van der Waals surface area contributed by atoms with Gasteiger partial charge in [-0.25, -0.2) is 9.90 Å². The third-order valence-electron chi connectivity index (χ3n) is 2.37. The Morgan fingerprint density at radius 1 is 1.12 bits per heavy atom. The Labute approximate surface area is 105 Å². The van der Waals surface area contributed by atoms with Gasteiger partial charge >= 0.3 is 0 Å². The molecule has 0 aliphatic rings. The average Bonchev–Trinajstić information content (AvgIpc) is 2.35. The van der Waals surface area contributed by atoms with Gasteiger partial charge in [-0.2, -0.15) is 0 Å². The zero-order chi connectivity index (χ0) is 12.8. The average molecular weight is 248 g/mol. The largest absolute Gasteiger partial charge is 0.330 e. The molecule has 0 saturated carbocycles. The topological polar surface area (TPSA) is 71.8 Å². The molecule has 0 aliphatic heterocycles. The van der Waals surface area contributed by atoms with Crippen LogP contribution in [0.5, 0.6) is 0 Å². The zero-order valence-electron chi connectivity index (χ0n) is 11.2. The van der Waals surface area contributed by atoms with Crippen molar-refractivity contribution >= 4 is 0 Å². The summed E-state index contributed by atoms with van der Waals surface area (Å²) in [5.41, 5.74) is 8.21. The van der Waals surface area contributed by atoms with Crippen molar-refractivity contribution in [2.24, 2.45) is 5.73 Å². The van der Waals surface area contributed by atoms with Crippen molar-refractivity contribution in [3.8, 4) is 0 Å². The molecule has 0 aromatic heterocycles. The first-order valence-corrected chi connectivity index (χ1v) is 6.46. The predicted octanol–water partition coefficient (Wildman–Crippen LogP) is 0.415. The molecule has 4 N–H and O–H groups in total. The quantitative estimate of drug-likeness (QED) is 0.249. The van der Waals surface area contributed by atoms with E-state index in [0.29, 0.717) is 6.54 Å². The van der Waals surface area contributed by atoms with E-state index in [0.717, 1.165) is 39.0 Å². The number of nitrogens with zero attached hydrogens (tertiary/aromatic N) is 1. The molecule has 0 rings (SSSR count). The number of unbranched alkanes of at least 4 members (excludes halogenated alkanes) is 1. The summed E-state index contributed by atoms with van der Waals surface area (Å²) in [6.07, 6.45) is 4.47. The van der Waals surface area contributed by atoms with Gasteiger partial charge in [0.1, 0.15) is 0 Å². The number of hydrazine groups is 1. The van der Waals surface area contributed by atoms with Crippen LogP contribution in [0.3, 0.4) is 0 Å². The third kappa shape index (κ3) is 12.0. The van der Waals surface area contributed by atoms with Gasteiger partial charge in [-0.1, -0.05) is 13.3 Å². The lowest BCUT2D eigenvalue weighted by molar-refractivity contribution is -0.353. The minimum Gasteiger partial charge on any atom is -0.330 e. The molecule has 0 fully saturated rings. The van der Waals surface area contributed by atoms with Gasteiger partial charge in [-0.05, 0) is 38.9 Å². The van der Waals surface area contributed by atoms with Crippen molar-refractivity contribution in [3.05, 3.63) is 0 Å². The summed E-state index contributed by atoms with van der Waals surface area (Å²) in [6, 6.07) is 0. The molecule has 0 aromatic carbocycles. The van der Waals surface area contributed by atoms with E-state index in [2.05, 4.69) is 22.7 Å². The Kier molecular flexibility index (Phi) is 13.6. The molecule has 0 amide bonds. The fourth-order valence-corrected chi connectivity index (χ4v) is 1.40. The maximum atomic E-state index is 5.48. The normalized spacial score (nSPS) is 11.3. The van der Waals surface area contributed by atoms with Gasteiger partial charge in [0, 0.05) is 13.1 Å². The van der Waals surface area contributed by atoms with Gasteiger partial charge in [-0.3, -0.25) is 0 Å². The molecule has 104 valence electrons. The summed E-state index contributed by atoms with van der Waals surface area (Å²) in [7, 11) is 1.47. The summed E-state index contributed by atoms with van der Waals surface area (Å²) in [6.45, 7) is 6.76. The fourth-order valence-electron chi connectivity index (χ4n) is 1.40. The Morgan fingerprint density at radius 2 is 1.82 bits per heavy atom. The molecule has 0 heterocycles. The van der Waals surface area contributed by atoms with E-state index < -0.39 is 0 Å². The highest BCUT2D eigenvalue weighted by Gasteiger charge is 2.03. The number of rotatable bonds is 13. The highest BCUT2D eigenvalue weighted by Crippen LogP contribution is 1.90. The van der Waals surface area contributed by atoms with Crippen LogP contribution in [0.1, 0.15) is 32.6 Å². The van der Waals surface area contributed by atoms with E-state index in [1.165, 1.54) is 20.0 Å². The number of nitrogens with two attached hydrogens (primary N) is 1. The molecule has 0 aliphatic carbocycles. The van der Waals surface area contributed by atoms with Crippen molar-refractivity contribution in [1.82, 2.24) is 15.9 Å². The minimum atomic E-state index is 0.680. The van der Waals surface area contributed by atoms with Gasteiger partial charge in [0.05, 0.1) is 7.11 Å². The van der Waals surface area contributed by atoms with Crippen LogP contribution in [0.4, 0.5) is 0 Å². The number of hydrogen-bond donors (Lipinski definition) is 3. The number of hydrogen-bond acceptors (Lipinski definition) is 6. The van der Waals surface area contributed by atoms with Crippen molar-refractivity contribution in [2.45, 2.75) is 32.6 Å². The Morgan fingerprint density at radius 3 is 2.47 bits per heavy atom. The van der Waals surface area contributed by atoms with Crippen LogP contribution in [-0.2, 0) is 9.88 Å². The highest BCUT2D eigenvalue weighted by atomic mass is 17.3. The van der Waals surface area contributed by atoms with Gasteiger partial charge < -0.3 is 11.1 Å². The Hall–Kier alpha value is -0.240. The molecule has 0 atom stereocenters. The Balaban J connectivity index is 3.45. The lowest BCUT2D eigenvalue weighted by Gasteiger charge is -2.21. The molecular formula is C11H28N4O2. The molecule has 0 spiro atoms. The van der Waals surface area contributed by atoms with Crippen LogP contribution in [0.2, 0.25) is 0 Å². The third-order valence-corrected chi connectivity index (χ3v) is 2.37. The van der Waals surface area contributed by atoms with Gasteiger partial charge in [-0.15, -0.1) is 10.6 Å². The summed E-state index contributed by atoms with van der Waals surface area (Å²) < 4.78 is 0.